The molecule has 128 valence electrons. The van der Waals surface area contributed by atoms with Crippen molar-refractivity contribution in [1.29, 1.82) is 0 Å². The number of nitrogens with zero attached hydrogens (tertiary/aromatic N) is 1. The van der Waals surface area contributed by atoms with Gasteiger partial charge in [-0.1, -0.05) is 0 Å². The normalized spacial score (nSPS) is 18.0. The number of benzene rings is 1. The van der Waals surface area contributed by atoms with Crippen LogP contribution in [0.4, 0.5) is 4.39 Å². The average Bonchev–Trinajstić information content (AvgIpc) is 2.95. The fourth-order valence-electron chi connectivity index (χ4n) is 3.48. The number of likely N-dealkylation sites (tertiary alicyclic amines) is 1. The van der Waals surface area contributed by atoms with Crippen molar-refractivity contribution >= 4 is 22.8 Å². The lowest BCUT2D eigenvalue weighted by molar-refractivity contribution is -0.139. The molecule has 1 amide bonds. The number of aromatic nitrogens is 1. The maximum Gasteiger partial charge on any atom is 0.303 e. The molecular weight excluding hydrogens is 311 g/mol. The molecular formula is C18H21FN2O3. The number of carboxylic acids is 1. The molecule has 1 aliphatic rings. The fourth-order valence-corrected chi connectivity index (χ4v) is 3.48. The van der Waals surface area contributed by atoms with Gasteiger partial charge in [0, 0.05) is 36.1 Å². The van der Waals surface area contributed by atoms with E-state index < -0.39 is 5.97 Å². The number of rotatable bonds is 5. The number of hydrogen-bond acceptors (Lipinski definition) is 2. The SMILES string of the molecule is O=C(O)CC[C@@H]1CCCCN1C(=O)Cc1c[nH]c2ccc(F)cc12. The van der Waals surface area contributed by atoms with Gasteiger partial charge in [0.1, 0.15) is 5.82 Å². The molecule has 5 nitrogen and oxygen atoms in total. The van der Waals surface area contributed by atoms with Crippen LogP contribution in [0.3, 0.4) is 0 Å². The fraction of sp³-hybridized carbons (Fsp3) is 0.444. The van der Waals surface area contributed by atoms with Crippen molar-refractivity contribution in [1.82, 2.24) is 9.88 Å². The largest absolute Gasteiger partial charge is 0.481 e. The highest BCUT2D eigenvalue weighted by Crippen LogP contribution is 2.24. The van der Waals surface area contributed by atoms with Crippen LogP contribution in [0.2, 0.25) is 0 Å². The molecule has 24 heavy (non-hydrogen) atoms. The van der Waals surface area contributed by atoms with Crippen LogP contribution in [-0.2, 0) is 16.0 Å². The molecule has 3 rings (SSSR count). The predicted octanol–water partition coefficient (Wildman–Crippen LogP) is 3.10. The first kappa shape index (κ1) is 16.5. The van der Waals surface area contributed by atoms with Gasteiger partial charge >= 0.3 is 5.97 Å². The summed E-state index contributed by atoms with van der Waals surface area (Å²) in [6.07, 6.45) is 5.33. The highest BCUT2D eigenvalue weighted by molar-refractivity contribution is 5.89. The lowest BCUT2D eigenvalue weighted by Crippen LogP contribution is -2.44. The number of aromatic amines is 1. The summed E-state index contributed by atoms with van der Waals surface area (Å²) in [5.41, 5.74) is 1.58. The summed E-state index contributed by atoms with van der Waals surface area (Å²) in [6, 6.07) is 4.47. The van der Waals surface area contributed by atoms with Crippen LogP contribution in [-0.4, -0.2) is 39.5 Å². The Morgan fingerprint density at radius 1 is 1.33 bits per heavy atom. The molecule has 1 atom stereocenters. The van der Waals surface area contributed by atoms with Gasteiger partial charge in [-0.3, -0.25) is 9.59 Å². The van der Waals surface area contributed by atoms with Crippen LogP contribution >= 0.6 is 0 Å². The van der Waals surface area contributed by atoms with Crippen LogP contribution in [0.5, 0.6) is 0 Å². The quantitative estimate of drug-likeness (QED) is 0.883. The zero-order valence-electron chi connectivity index (χ0n) is 13.4. The molecule has 1 aromatic carbocycles. The third kappa shape index (κ3) is 3.58. The Morgan fingerprint density at radius 2 is 2.17 bits per heavy atom. The second kappa shape index (κ2) is 7.03. The average molecular weight is 332 g/mol. The van der Waals surface area contributed by atoms with Gasteiger partial charge in [-0.05, 0) is 49.4 Å². The van der Waals surface area contributed by atoms with Gasteiger partial charge in [0.25, 0.3) is 0 Å². The van der Waals surface area contributed by atoms with Crippen molar-refractivity contribution in [2.24, 2.45) is 0 Å². The number of carboxylic acid groups (broad SMARTS) is 1. The van der Waals surface area contributed by atoms with E-state index in [0.717, 1.165) is 35.7 Å². The monoisotopic (exact) mass is 332 g/mol. The highest BCUT2D eigenvalue weighted by Gasteiger charge is 2.27. The van der Waals surface area contributed by atoms with Gasteiger partial charge in [0.05, 0.1) is 6.42 Å². The van der Waals surface area contributed by atoms with Crippen LogP contribution in [0, 0.1) is 5.82 Å². The van der Waals surface area contributed by atoms with E-state index in [0.29, 0.717) is 13.0 Å². The third-order valence-electron chi connectivity index (χ3n) is 4.71. The Morgan fingerprint density at radius 3 is 2.96 bits per heavy atom. The summed E-state index contributed by atoms with van der Waals surface area (Å²) in [4.78, 5) is 28.4. The van der Waals surface area contributed by atoms with E-state index in [1.807, 2.05) is 4.90 Å². The first-order valence-corrected chi connectivity index (χ1v) is 8.31. The van der Waals surface area contributed by atoms with E-state index in [4.69, 9.17) is 5.11 Å². The molecule has 1 saturated heterocycles. The summed E-state index contributed by atoms with van der Waals surface area (Å²) in [5.74, 6) is -1.18. The first-order chi connectivity index (χ1) is 11.5. The van der Waals surface area contributed by atoms with Gasteiger partial charge < -0.3 is 15.0 Å². The number of halogens is 1. The van der Waals surface area contributed by atoms with Crippen molar-refractivity contribution in [2.45, 2.75) is 44.6 Å². The smallest absolute Gasteiger partial charge is 0.303 e. The topological polar surface area (TPSA) is 73.4 Å². The summed E-state index contributed by atoms with van der Waals surface area (Å²) in [7, 11) is 0. The molecule has 1 aliphatic heterocycles. The molecule has 0 unspecified atom stereocenters. The van der Waals surface area contributed by atoms with E-state index in [-0.39, 0.29) is 30.6 Å². The minimum absolute atomic E-state index is 0.00991. The molecule has 0 saturated carbocycles. The van der Waals surface area contributed by atoms with Gasteiger partial charge in [-0.2, -0.15) is 0 Å². The molecule has 0 spiro atoms. The first-order valence-electron chi connectivity index (χ1n) is 8.31. The van der Waals surface area contributed by atoms with Gasteiger partial charge in [-0.15, -0.1) is 0 Å². The minimum atomic E-state index is -0.833. The molecule has 1 aromatic heterocycles. The lowest BCUT2D eigenvalue weighted by atomic mass is 9.97. The zero-order valence-corrected chi connectivity index (χ0v) is 13.4. The minimum Gasteiger partial charge on any atom is -0.481 e. The van der Waals surface area contributed by atoms with E-state index >= 15 is 0 Å². The Labute approximate surface area is 139 Å². The van der Waals surface area contributed by atoms with E-state index in [1.54, 1.807) is 12.3 Å². The summed E-state index contributed by atoms with van der Waals surface area (Å²) in [5, 5.41) is 9.60. The maximum atomic E-state index is 13.5. The number of carbonyl (C=O) groups excluding carboxylic acids is 1. The summed E-state index contributed by atoms with van der Waals surface area (Å²) >= 11 is 0. The van der Waals surface area contributed by atoms with Crippen LogP contribution in [0.25, 0.3) is 10.9 Å². The van der Waals surface area contributed by atoms with Gasteiger partial charge in [-0.25, -0.2) is 4.39 Å². The Bertz CT molecular complexity index is 756. The molecule has 2 aromatic rings. The second-order valence-electron chi connectivity index (χ2n) is 6.35. The van der Waals surface area contributed by atoms with E-state index in [9.17, 15) is 14.0 Å². The summed E-state index contributed by atoms with van der Waals surface area (Å²) < 4.78 is 13.5. The number of hydrogen-bond donors (Lipinski definition) is 2. The molecule has 2 N–H and O–H groups in total. The Balaban J connectivity index is 1.74. The van der Waals surface area contributed by atoms with Crippen LogP contribution in [0.15, 0.2) is 24.4 Å². The standard InChI is InChI=1S/C18H21FN2O3/c19-13-4-6-16-15(10-13)12(11-20-16)9-17(22)21-8-2-1-3-14(21)5-7-18(23)24/h4,6,10-11,14,20H,1-3,5,7-9H2,(H,23,24)/t14-/m0/s1. The number of aliphatic carboxylic acids is 1. The summed E-state index contributed by atoms with van der Waals surface area (Å²) in [6.45, 7) is 0.667. The zero-order chi connectivity index (χ0) is 17.1. The third-order valence-corrected chi connectivity index (χ3v) is 4.71. The molecule has 1 fully saturated rings. The number of H-pyrrole nitrogens is 1. The number of carbonyl (C=O) groups is 2. The van der Waals surface area contributed by atoms with Crippen molar-refractivity contribution in [2.75, 3.05) is 6.54 Å². The Hall–Kier alpha value is -2.37. The lowest BCUT2D eigenvalue weighted by Gasteiger charge is -2.35. The van der Waals surface area contributed by atoms with E-state index in [1.165, 1.54) is 12.1 Å². The molecule has 2 heterocycles. The number of fused-ring (bicyclic) bond motifs is 1. The number of piperidine rings is 1. The van der Waals surface area contributed by atoms with Crippen molar-refractivity contribution in [3.05, 3.63) is 35.8 Å². The highest BCUT2D eigenvalue weighted by atomic mass is 19.1. The molecule has 0 aliphatic carbocycles. The van der Waals surface area contributed by atoms with Crippen molar-refractivity contribution in [3.8, 4) is 0 Å². The second-order valence-corrected chi connectivity index (χ2v) is 6.35. The predicted molar refractivity (Wildman–Crippen MR) is 88.2 cm³/mol. The number of amides is 1. The van der Waals surface area contributed by atoms with Gasteiger partial charge in [0.2, 0.25) is 5.91 Å². The Kier molecular flexibility index (Phi) is 4.83. The van der Waals surface area contributed by atoms with Gasteiger partial charge in [0.15, 0.2) is 0 Å². The maximum absolute atomic E-state index is 13.5. The van der Waals surface area contributed by atoms with E-state index in [2.05, 4.69) is 4.98 Å². The van der Waals surface area contributed by atoms with Crippen LogP contribution in [0.1, 0.15) is 37.7 Å². The molecule has 0 bridgehead atoms. The van der Waals surface area contributed by atoms with Crippen molar-refractivity contribution in [3.63, 3.8) is 0 Å². The van der Waals surface area contributed by atoms with Crippen molar-refractivity contribution < 1.29 is 19.1 Å². The van der Waals surface area contributed by atoms with Crippen LogP contribution < -0.4 is 0 Å². The molecule has 6 heteroatoms. The number of nitrogens with one attached hydrogen (secondary N) is 1. The molecule has 0 radical (unpaired) electrons.